The summed E-state index contributed by atoms with van der Waals surface area (Å²) in [6.45, 7) is 0.626. The van der Waals surface area contributed by atoms with Crippen molar-refractivity contribution < 1.29 is 34.5 Å². The lowest BCUT2D eigenvalue weighted by Gasteiger charge is -2.25. The summed E-state index contributed by atoms with van der Waals surface area (Å²) in [6.07, 6.45) is -0.840. The third kappa shape index (κ3) is 10.7. The maximum atomic E-state index is 13.1. The second kappa shape index (κ2) is 15.3. The van der Waals surface area contributed by atoms with Gasteiger partial charge in [0.1, 0.15) is 24.2 Å². The smallest absolute Gasteiger partial charge is 0.328 e. The molecular weight excluding hydrogens is 474 g/mol. The highest BCUT2D eigenvalue weighted by Gasteiger charge is 2.30. The molecule has 0 spiro atoms. The molecule has 0 radical (unpaired) electrons. The second-order valence-electron chi connectivity index (χ2n) is 8.11. The average Bonchev–Trinajstić information content (AvgIpc) is 2.83. The van der Waals surface area contributed by atoms with Crippen LogP contribution in [-0.4, -0.2) is 88.4 Å². The maximum absolute atomic E-state index is 13.1. The minimum atomic E-state index is -1.58. The van der Waals surface area contributed by atoms with E-state index in [1.807, 2.05) is 0 Å². The Hall–Kier alpha value is -3.75. The number of nitrogens with zero attached hydrogens (tertiary/aromatic N) is 1. The molecule has 14 heteroatoms. The predicted octanol–water partition coefficient (Wildman–Crippen LogP) is -3.48. The van der Waals surface area contributed by atoms with Crippen LogP contribution in [0.1, 0.15) is 25.3 Å². The van der Waals surface area contributed by atoms with Crippen molar-refractivity contribution in [3.8, 4) is 0 Å². The van der Waals surface area contributed by atoms with Crippen LogP contribution in [0.25, 0.3) is 0 Å². The minimum Gasteiger partial charge on any atom is -0.480 e. The Balaban J connectivity index is 3.11. The maximum Gasteiger partial charge on any atom is 0.328 e. The van der Waals surface area contributed by atoms with Gasteiger partial charge in [-0.15, -0.1) is 0 Å². The molecule has 200 valence electrons. The van der Waals surface area contributed by atoms with E-state index in [4.69, 9.17) is 22.3 Å². The number of carboxylic acid groups (broad SMARTS) is 1. The highest BCUT2D eigenvalue weighted by molar-refractivity contribution is 5.94. The van der Waals surface area contributed by atoms with E-state index in [1.165, 1.54) is 6.92 Å². The van der Waals surface area contributed by atoms with E-state index in [1.54, 1.807) is 30.3 Å². The van der Waals surface area contributed by atoms with Gasteiger partial charge in [0.05, 0.1) is 12.7 Å². The van der Waals surface area contributed by atoms with Crippen molar-refractivity contribution in [2.24, 2.45) is 22.2 Å². The lowest BCUT2D eigenvalue weighted by Crippen LogP contribution is -2.58. The van der Waals surface area contributed by atoms with Crippen LogP contribution in [0.2, 0.25) is 0 Å². The first-order valence-corrected chi connectivity index (χ1v) is 11.2. The quantitative estimate of drug-likeness (QED) is 0.0640. The van der Waals surface area contributed by atoms with E-state index in [-0.39, 0.29) is 31.8 Å². The molecule has 36 heavy (non-hydrogen) atoms. The monoisotopic (exact) mass is 509 g/mol. The Bertz CT molecular complexity index is 907. The zero-order valence-electron chi connectivity index (χ0n) is 20.0. The first kappa shape index (κ1) is 30.3. The first-order chi connectivity index (χ1) is 17.0. The summed E-state index contributed by atoms with van der Waals surface area (Å²) in [4.78, 5) is 53.4. The lowest BCUT2D eigenvalue weighted by atomic mass is 10.0. The molecule has 0 fully saturated rings. The van der Waals surface area contributed by atoms with Crippen LogP contribution in [0.3, 0.4) is 0 Å². The van der Waals surface area contributed by atoms with E-state index in [0.717, 1.165) is 0 Å². The fourth-order valence-electron chi connectivity index (χ4n) is 3.05. The summed E-state index contributed by atoms with van der Waals surface area (Å²) >= 11 is 0. The van der Waals surface area contributed by atoms with Gasteiger partial charge in [-0.3, -0.25) is 19.4 Å². The average molecular weight is 510 g/mol. The molecule has 0 saturated heterocycles. The zero-order valence-corrected chi connectivity index (χ0v) is 20.0. The minimum absolute atomic E-state index is 0.00195. The largest absolute Gasteiger partial charge is 0.480 e. The number of nitrogens with one attached hydrogen (secondary N) is 3. The topological polar surface area (TPSA) is 255 Å². The molecule has 1 aromatic carbocycles. The number of benzene rings is 1. The number of hydrogen-bond donors (Lipinski definition) is 9. The highest BCUT2D eigenvalue weighted by atomic mass is 16.4. The van der Waals surface area contributed by atoms with Crippen LogP contribution in [-0.2, 0) is 25.6 Å². The lowest BCUT2D eigenvalue weighted by molar-refractivity contribution is -0.143. The molecule has 1 rings (SSSR count). The number of carbonyl (C=O) groups is 4. The van der Waals surface area contributed by atoms with Crippen molar-refractivity contribution in [2.75, 3.05) is 13.2 Å². The SMILES string of the molecule is CC(O)C(N)C(=O)NC(CCCN=C(N)N)C(=O)NC(Cc1ccccc1)C(=O)NC(CO)C(=O)O. The normalized spacial score (nSPS) is 14.9. The third-order valence-electron chi connectivity index (χ3n) is 5.11. The molecule has 0 aliphatic carbocycles. The fourth-order valence-corrected chi connectivity index (χ4v) is 3.05. The van der Waals surface area contributed by atoms with Gasteiger partial charge >= 0.3 is 5.97 Å². The van der Waals surface area contributed by atoms with Crippen molar-refractivity contribution >= 4 is 29.7 Å². The number of aliphatic hydroxyl groups excluding tert-OH is 2. The van der Waals surface area contributed by atoms with Crippen molar-refractivity contribution in [2.45, 2.75) is 56.5 Å². The molecule has 3 amide bonds. The van der Waals surface area contributed by atoms with Gasteiger partial charge in [-0.1, -0.05) is 30.3 Å². The number of carbonyl (C=O) groups excluding carboxylic acids is 3. The Labute approximate surface area is 208 Å². The number of rotatable bonds is 15. The fraction of sp³-hybridized carbons (Fsp3) is 0.500. The molecule has 14 nitrogen and oxygen atoms in total. The van der Waals surface area contributed by atoms with Gasteiger partial charge in [0.15, 0.2) is 5.96 Å². The number of amides is 3. The van der Waals surface area contributed by atoms with Gasteiger partial charge in [-0.25, -0.2) is 4.79 Å². The van der Waals surface area contributed by atoms with E-state index in [0.29, 0.717) is 5.56 Å². The molecule has 0 aliphatic rings. The second-order valence-corrected chi connectivity index (χ2v) is 8.11. The number of aliphatic hydroxyl groups is 2. The van der Waals surface area contributed by atoms with Crippen LogP contribution in [0.15, 0.2) is 35.3 Å². The van der Waals surface area contributed by atoms with Gasteiger partial charge in [0.25, 0.3) is 0 Å². The van der Waals surface area contributed by atoms with Crippen molar-refractivity contribution in [3.63, 3.8) is 0 Å². The third-order valence-corrected chi connectivity index (χ3v) is 5.11. The summed E-state index contributed by atoms with van der Waals surface area (Å²) < 4.78 is 0. The number of carboxylic acids is 1. The molecule has 0 aliphatic heterocycles. The molecule has 0 aromatic heterocycles. The summed E-state index contributed by atoms with van der Waals surface area (Å²) in [6, 6.07) is 3.35. The van der Waals surface area contributed by atoms with Gasteiger partial charge < -0.3 is 48.5 Å². The van der Waals surface area contributed by atoms with Gasteiger partial charge in [0.2, 0.25) is 17.7 Å². The van der Waals surface area contributed by atoms with Crippen molar-refractivity contribution in [3.05, 3.63) is 35.9 Å². The molecular formula is C22H35N7O7. The zero-order chi connectivity index (χ0) is 27.3. The number of aliphatic imine (C=N–C) groups is 1. The van der Waals surface area contributed by atoms with Gasteiger partial charge in [0, 0.05) is 13.0 Å². The van der Waals surface area contributed by atoms with Crippen molar-refractivity contribution in [1.29, 1.82) is 0 Å². The van der Waals surface area contributed by atoms with Crippen LogP contribution in [0, 0.1) is 0 Å². The number of hydrogen-bond acceptors (Lipinski definition) is 8. The molecule has 0 bridgehead atoms. The molecule has 0 heterocycles. The van der Waals surface area contributed by atoms with E-state index < -0.39 is 60.6 Å². The van der Waals surface area contributed by atoms with E-state index >= 15 is 0 Å². The summed E-state index contributed by atoms with van der Waals surface area (Å²) in [5, 5.41) is 35.2. The predicted molar refractivity (Wildman–Crippen MR) is 130 cm³/mol. The molecule has 1 aromatic rings. The van der Waals surface area contributed by atoms with Crippen LogP contribution in [0.4, 0.5) is 0 Å². The van der Waals surface area contributed by atoms with Crippen LogP contribution < -0.4 is 33.2 Å². The Morgan fingerprint density at radius 3 is 2.03 bits per heavy atom. The molecule has 0 saturated carbocycles. The van der Waals surface area contributed by atoms with Crippen LogP contribution in [0.5, 0.6) is 0 Å². The summed E-state index contributed by atoms with van der Waals surface area (Å²) in [5.41, 5.74) is 16.9. The number of nitrogens with two attached hydrogens (primary N) is 3. The number of aliphatic carboxylic acids is 1. The number of guanidine groups is 1. The molecule has 12 N–H and O–H groups in total. The summed E-state index contributed by atoms with van der Waals surface area (Å²) in [5.74, 6) is -3.99. The summed E-state index contributed by atoms with van der Waals surface area (Å²) in [7, 11) is 0. The van der Waals surface area contributed by atoms with Gasteiger partial charge in [-0.2, -0.15) is 0 Å². The van der Waals surface area contributed by atoms with Crippen LogP contribution >= 0.6 is 0 Å². The first-order valence-electron chi connectivity index (χ1n) is 11.2. The van der Waals surface area contributed by atoms with E-state index in [2.05, 4.69) is 20.9 Å². The standard InChI is InChI=1S/C22H35N7O7/c1-12(31)17(23)20(34)27-14(8-5-9-26-22(24)25)18(32)28-15(10-13-6-3-2-4-7-13)19(33)29-16(11-30)21(35)36/h2-4,6-7,12,14-17,30-31H,5,8-11,23H2,1H3,(H,27,34)(H,28,32)(H,29,33)(H,35,36)(H4,24,25,26). The highest BCUT2D eigenvalue weighted by Crippen LogP contribution is 2.07. The molecule has 5 atom stereocenters. The van der Waals surface area contributed by atoms with Crippen molar-refractivity contribution in [1.82, 2.24) is 16.0 Å². The Morgan fingerprint density at radius 2 is 1.50 bits per heavy atom. The Kier molecular flexibility index (Phi) is 12.9. The Morgan fingerprint density at radius 1 is 0.944 bits per heavy atom. The van der Waals surface area contributed by atoms with Gasteiger partial charge in [-0.05, 0) is 25.3 Å². The van der Waals surface area contributed by atoms with E-state index in [9.17, 15) is 29.4 Å². The molecule has 5 unspecified atom stereocenters.